The Bertz CT molecular complexity index is 227. The van der Waals surface area contributed by atoms with Gasteiger partial charge in [0.1, 0.15) is 5.78 Å². The van der Waals surface area contributed by atoms with Crippen molar-refractivity contribution in [2.24, 2.45) is 0 Å². The van der Waals surface area contributed by atoms with Crippen LogP contribution in [0.4, 0.5) is 0 Å². The molecule has 0 bridgehead atoms. The van der Waals surface area contributed by atoms with E-state index in [2.05, 4.69) is 0 Å². The highest BCUT2D eigenvalue weighted by molar-refractivity contribution is 5.84. The van der Waals surface area contributed by atoms with Crippen molar-refractivity contribution in [3.8, 4) is 0 Å². The van der Waals surface area contributed by atoms with Crippen LogP contribution in [0.25, 0.3) is 0 Å². The van der Waals surface area contributed by atoms with Crippen molar-refractivity contribution in [3.63, 3.8) is 0 Å². The quantitative estimate of drug-likeness (QED) is 0.670. The van der Waals surface area contributed by atoms with E-state index in [0.717, 1.165) is 0 Å². The van der Waals surface area contributed by atoms with E-state index < -0.39 is 5.60 Å². The van der Waals surface area contributed by atoms with Gasteiger partial charge in [-0.2, -0.15) is 0 Å². The molecule has 0 aromatic heterocycles. The van der Waals surface area contributed by atoms with Gasteiger partial charge in [-0.3, -0.25) is 4.79 Å². The Morgan fingerprint density at radius 3 is 2.31 bits per heavy atom. The Morgan fingerprint density at radius 2 is 1.92 bits per heavy atom. The van der Waals surface area contributed by atoms with Crippen molar-refractivity contribution in [3.05, 3.63) is 0 Å². The molecule has 74 valence electrons. The lowest BCUT2D eigenvalue weighted by molar-refractivity contribution is -0.152. The first kappa shape index (κ1) is 10.2. The zero-order chi connectivity index (χ0) is 10.1. The minimum Gasteiger partial charge on any atom is -0.386 e. The van der Waals surface area contributed by atoms with Crippen LogP contribution in [0.5, 0.6) is 0 Å². The number of ketones is 1. The molecule has 0 saturated carbocycles. The van der Waals surface area contributed by atoms with Crippen LogP contribution in [-0.4, -0.2) is 40.4 Å². The second-order valence-corrected chi connectivity index (χ2v) is 3.95. The van der Waals surface area contributed by atoms with Crippen molar-refractivity contribution in [1.82, 2.24) is 4.90 Å². The lowest BCUT2D eigenvalue weighted by atomic mass is 9.96. The van der Waals surface area contributed by atoms with Crippen LogP contribution >= 0.6 is 0 Å². The molecule has 0 aromatic rings. The first-order chi connectivity index (χ1) is 5.91. The molecule has 0 unspecified atom stereocenters. The number of nitrogens with zero attached hydrogens (tertiary/aromatic N) is 1. The number of Topliss-reactive ketones (excluding diaryl/α,β-unsaturated/α-hetero) is 1. The Hall–Kier alpha value is -0.900. The molecule has 0 aliphatic carbocycles. The first-order valence-electron chi connectivity index (χ1n) is 4.40. The van der Waals surface area contributed by atoms with Crippen LogP contribution in [0, 0.1) is 0 Å². The number of carbonyl (C=O) groups excluding carboxylic acids is 2. The molecule has 0 radical (unpaired) electrons. The fourth-order valence-electron chi connectivity index (χ4n) is 1.39. The van der Waals surface area contributed by atoms with Gasteiger partial charge in [0.25, 0.3) is 0 Å². The van der Waals surface area contributed by atoms with Crippen LogP contribution in [-0.2, 0) is 9.59 Å². The van der Waals surface area contributed by atoms with Crippen molar-refractivity contribution >= 4 is 11.7 Å². The SMILES string of the molecule is CC(=O)CCC(=O)N1CC(C)(O)C1. The van der Waals surface area contributed by atoms with Gasteiger partial charge in [-0.25, -0.2) is 0 Å². The maximum Gasteiger partial charge on any atom is 0.223 e. The average Bonchev–Trinajstić information content (AvgIpc) is 1.95. The average molecular weight is 185 g/mol. The zero-order valence-corrected chi connectivity index (χ0v) is 8.04. The molecular weight excluding hydrogens is 170 g/mol. The number of aliphatic hydroxyl groups is 1. The predicted molar refractivity (Wildman–Crippen MR) is 47.1 cm³/mol. The fraction of sp³-hybridized carbons (Fsp3) is 0.778. The second kappa shape index (κ2) is 3.46. The molecule has 1 amide bonds. The van der Waals surface area contributed by atoms with Crippen molar-refractivity contribution < 1.29 is 14.7 Å². The number of β-amino-alcohol motifs (C(OH)–C–C–N with tert-alkyl or cyclic N) is 1. The Morgan fingerprint density at radius 1 is 1.38 bits per heavy atom. The summed E-state index contributed by atoms with van der Waals surface area (Å²) in [7, 11) is 0. The van der Waals surface area contributed by atoms with E-state index in [0.29, 0.717) is 19.5 Å². The smallest absolute Gasteiger partial charge is 0.223 e. The third-order valence-corrected chi connectivity index (χ3v) is 2.11. The van der Waals surface area contributed by atoms with Crippen LogP contribution in [0.15, 0.2) is 0 Å². The molecule has 1 aliphatic rings. The number of carbonyl (C=O) groups is 2. The second-order valence-electron chi connectivity index (χ2n) is 3.95. The van der Waals surface area contributed by atoms with E-state index in [1.54, 1.807) is 11.8 Å². The summed E-state index contributed by atoms with van der Waals surface area (Å²) in [5, 5.41) is 9.35. The number of hydrogen-bond donors (Lipinski definition) is 1. The van der Waals surface area contributed by atoms with Crippen LogP contribution < -0.4 is 0 Å². The third kappa shape index (κ3) is 2.81. The Labute approximate surface area is 77.5 Å². The summed E-state index contributed by atoms with van der Waals surface area (Å²) in [5.41, 5.74) is -0.716. The van der Waals surface area contributed by atoms with E-state index >= 15 is 0 Å². The van der Waals surface area contributed by atoms with Gasteiger partial charge in [0.15, 0.2) is 0 Å². The molecule has 1 saturated heterocycles. The number of hydrogen-bond acceptors (Lipinski definition) is 3. The zero-order valence-electron chi connectivity index (χ0n) is 8.04. The summed E-state index contributed by atoms with van der Waals surface area (Å²) in [4.78, 5) is 23.4. The predicted octanol–water partition coefficient (Wildman–Crippen LogP) is -0.0512. The molecule has 0 aromatic carbocycles. The minimum absolute atomic E-state index is 0.0284. The molecule has 13 heavy (non-hydrogen) atoms. The highest BCUT2D eigenvalue weighted by atomic mass is 16.3. The standard InChI is InChI=1S/C9H15NO3/c1-7(11)3-4-8(12)10-5-9(2,13)6-10/h13H,3-6H2,1-2H3. The van der Waals surface area contributed by atoms with E-state index in [1.807, 2.05) is 0 Å². The van der Waals surface area contributed by atoms with Gasteiger partial charge in [0.05, 0.1) is 18.7 Å². The van der Waals surface area contributed by atoms with Gasteiger partial charge in [-0.15, -0.1) is 0 Å². The maximum atomic E-state index is 11.3. The van der Waals surface area contributed by atoms with Crippen LogP contribution in [0.2, 0.25) is 0 Å². The molecule has 1 fully saturated rings. The minimum atomic E-state index is -0.716. The van der Waals surface area contributed by atoms with E-state index in [-0.39, 0.29) is 18.1 Å². The Balaban J connectivity index is 2.23. The van der Waals surface area contributed by atoms with Gasteiger partial charge in [-0.1, -0.05) is 0 Å². The number of likely N-dealkylation sites (tertiary alicyclic amines) is 1. The van der Waals surface area contributed by atoms with Crippen LogP contribution in [0.3, 0.4) is 0 Å². The largest absolute Gasteiger partial charge is 0.386 e. The molecule has 0 atom stereocenters. The monoisotopic (exact) mass is 185 g/mol. The molecule has 4 heteroatoms. The van der Waals surface area contributed by atoms with Gasteiger partial charge < -0.3 is 14.8 Å². The fourth-order valence-corrected chi connectivity index (χ4v) is 1.39. The topological polar surface area (TPSA) is 57.6 Å². The lowest BCUT2D eigenvalue weighted by Crippen LogP contribution is -2.61. The molecular formula is C9H15NO3. The summed E-state index contributed by atoms with van der Waals surface area (Å²) in [6.45, 7) is 3.95. The summed E-state index contributed by atoms with van der Waals surface area (Å²) in [5.74, 6) is -0.0117. The molecule has 4 nitrogen and oxygen atoms in total. The van der Waals surface area contributed by atoms with Crippen molar-refractivity contribution in [2.75, 3.05) is 13.1 Å². The maximum absolute atomic E-state index is 11.3. The molecule has 0 spiro atoms. The van der Waals surface area contributed by atoms with Crippen LogP contribution in [0.1, 0.15) is 26.7 Å². The summed E-state index contributed by atoms with van der Waals surface area (Å²) >= 11 is 0. The van der Waals surface area contributed by atoms with Gasteiger partial charge in [0, 0.05) is 12.8 Å². The highest BCUT2D eigenvalue weighted by Gasteiger charge is 2.38. The van der Waals surface area contributed by atoms with Gasteiger partial charge in [-0.05, 0) is 13.8 Å². The number of amides is 1. The molecule has 1 heterocycles. The van der Waals surface area contributed by atoms with Crippen molar-refractivity contribution in [1.29, 1.82) is 0 Å². The Kier molecular flexibility index (Phi) is 2.71. The van der Waals surface area contributed by atoms with Gasteiger partial charge >= 0.3 is 0 Å². The lowest BCUT2D eigenvalue weighted by Gasteiger charge is -2.44. The molecule has 1 aliphatic heterocycles. The molecule has 1 N–H and O–H groups in total. The first-order valence-corrected chi connectivity index (χ1v) is 4.40. The molecule has 1 rings (SSSR count). The highest BCUT2D eigenvalue weighted by Crippen LogP contribution is 2.20. The summed E-state index contributed by atoms with van der Waals surface area (Å²) < 4.78 is 0. The van der Waals surface area contributed by atoms with Crippen molar-refractivity contribution in [2.45, 2.75) is 32.3 Å². The summed E-state index contributed by atoms with van der Waals surface area (Å²) in [6.07, 6.45) is 0.572. The number of rotatable bonds is 3. The van der Waals surface area contributed by atoms with E-state index in [4.69, 9.17) is 0 Å². The van der Waals surface area contributed by atoms with E-state index in [1.165, 1.54) is 6.92 Å². The van der Waals surface area contributed by atoms with E-state index in [9.17, 15) is 14.7 Å². The van der Waals surface area contributed by atoms with Gasteiger partial charge in [0.2, 0.25) is 5.91 Å². The summed E-state index contributed by atoms with van der Waals surface area (Å²) in [6, 6.07) is 0. The normalized spacial score (nSPS) is 19.5. The third-order valence-electron chi connectivity index (χ3n) is 2.11.